The lowest BCUT2D eigenvalue weighted by molar-refractivity contribution is 0.471. The fraction of sp³-hybridized carbons (Fsp3) is 0.357. The van der Waals surface area contributed by atoms with Gasteiger partial charge in [0.15, 0.2) is 0 Å². The van der Waals surface area contributed by atoms with Crippen LogP contribution in [0.3, 0.4) is 0 Å². The minimum Gasteiger partial charge on any atom is -0.282 e. The molecule has 106 valence electrons. The van der Waals surface area contributed by atoms with Crippen LogP contribution < -0.4 is 0 Å². The summed E-state index contributed by atoms with van der Waals surface area (Å²) >= 11 is 0. The number of benzene rings is 1. The summed E-state index contributed by atoms with van der Waals surface area (Å²) in [6.07, 6.45) is 2.53. The summed E-state index contributed by atoms with van der Waals surface area (Å²) in [5, 5.41) is 6.86. The Hall–Kier alpha value is -1.66. The van der Waals surface area contributed by atoms with Crippen molar-refractivity contribution in [3.05, 3.63) is 47.8 Å². The monoisotopic (exact) mass is 291 g/mol. The highest BCUT2D eigenvalue weighted by Crippen LogP contribution is 2.30. The molecule has 0 unspecified atom stereocenters. The zero-order valence-corrected chi connectivity index (χ0v) is 12.1. The Morgan fingerprint density at radius 2 is 2.10 bits per heavy atom. The summed E-state index contributed by atoms with van der Waals surface area (Å²) in [6, 6.07) is 9.03. The molecule has 3 rings (SSSR count). The first-order valence-electron chi connectivity index (χ1n) is 6.64. The van der Waals surface area contributed by atoms with Gasteiger partial charge in [0.1, 0.15) is 0 Å². The summed E-state index contributed by atoms with van der Waals surface area (Å²) < 4.78 is 26.9. The molecule has 2 heterocycles. The van der Waals surface area contributed by atoms with E-state index in [9.17, 15) is 8.42 Å². The number of rotatable bonds is 3. The Morgan fingerprint density at radius 1 is 1.30 bits per heavy atom. The molecule has 1 saturated heterocycles. The Labute approximate surface area is 118 Å². The van der Waals surface area contributed by atoms with Gasteiger partial charge >= 0.3 is 0 Å². The third kappa shape index (κ3) is 2.25. The van der Waals surface area contributed by atoms with Gasteiger partial charge in [0.25, 0.3) is 0 Å². The minimum absolute atomic E-state index is 0.205. The number of sulfonamides is 1. The maximum atomic E-state index is 12.7. The number of nitrogens with one attached hydrogen (secondary N) is 1. The van der Waals surface area contributed by atoms with Crippen LogP contribution in [0, 0.1) is 6.92 Å². The minimum atomic E-state index is -3.39. The molecule has 1 fully saturated rings. The number of H-pyrrole nitrogens is 1. The van der Waals surface area contributed by atoms with Crippen molar-refractivity contribution < 1.29 is 8.42 Å². The standard InChI is InChI=1S/C14H17N3O2S/c1-11-4-2-3-5-14(11)20(18,19)17-9-7-12(10-17)13-6-8-15-16-13/h2-6,8,12H,7,9-10H2,1H3,(H,15,16)/t12-/m0/s1. The van der Waals surface area contributed by atoms with Crippen LogP contribution in [0.5, 0.6) is 0 Å². The number of aromatic nitrogens is 2. The summed E-state index contributed by atoms with van der Waals surface area (Å²) in [5.41, 5.74) is 1.80. The van der Waals surface area contributed by atoms with E-state index in [1.165, 1.54) is 0 Å². The first-order chi connectivity index (χ1) is 9.59. The predicted molar refractivity (Wildman–Crippen MR) is 75.9 cm³/mol. The predicted octanol–water partition coefficient (Wildman–Crippen LogP) is 1.90. The largest absolute Gasteiger partial charge is 0.282 e. The van der Waals surface area contributed by atoms with E-state index in [4.69, 9.17) is 0 Å². The van der Waals surface area contributed by atoms with Crippen LogP contribution in [0.15, 0.2) is 41.4 Å². The second-order valence-corrected chi connectivity index (χ2v) is 7.03. The van der Waals surface area contributed by atoms with E-state index in [1.807, 2.05) is 25.1 Å². The normalized spacial score (nSPS) is 20.4. The molecule has 0 aliphatic carbocycles. The average Bonchev–Trinajstić information content (AvgIpc) is 3.10. The molecule has 1 aliphatic heterocycles. The lowest BCUT2D eigenvalue weighted by atomic mass is 10.1. The molecule has 1 aliphatic rings. The summed E-state index contributed by atoms with van der Waals surface area (Å²) in [5.74, 6) is 0.205. The highest BCUT2D eigenvalue weighted by molar-refractivity contribution is 7.89. The number of nitrogens with zero attached hydrogens (tertiary/aromatic N) is 2. The van der Waals surface area contributed by atoms with Crippen LogP contribution in [0.2, 0.25) is 0 Å². The number of hydrogen-bond donors (Lipinski definition) is 1. The van der Waals surface area contributed by atoms with Gasteiger partial charge in [-0.1, -0.05) is 18.2 Å². The van der Waals surface area contributed by atoms with E-state index >= 15 is 0 Å². The van der Waals surface area contributed by atoms with Crippen LogP contribution >= 0.6 is 0 Å². The molecular weight excluding hydrogens is 274 g/mol. The molecule has 0 saturated carbocycles. The average molecular weight is 291 g/mol. The van der Waals surface area contributed by atoms with Gasteiger partial charge in [0.05, 0.1) is 4.90 Å². The molecule has 1 N–H and O–H groups in total. The molecule has 1 aromatic carbocycles. The Balaban J connectivity index is 1.85. The van der Waals surface area contributed by atoms with E-state index in [0.29, 0.717) is 18.0 Å². The highest BCUT2D eigenvalue weighted by Gasteiger charge is 2.34. The fourth-order valence-electron chi connectivity index (χ4n) is 2.68. The molecule has 1 aromatic heterocycles. The van der Waals surface area contributed by atoms with E-state index < -0.39 is 10.0 Å². The van der Waals surface area contributed by atoms with E-state index in [0.717, 1.165) is 17.7 Å². The van der Waals surface area contributed by atoms with Gasteiger partial charge in [0, 0.05) is 30.9 Å². The van der Waals surface area contributed by atoms with Gasteiger partial charge in [-0.3, -0.25) is 5.10 Å². The quantitative estimate of drug-likeness (QED) is 0.939. The third-order valence-corrected chi connectivity index (χ3v) is 5.85. The molecule has 1 atom stereocenters. The molecule has 20 heavy (non-hydrogen) atoms. The summed E-state index contributed by atoms with van der Waals surface area (Å²) in [6.45, 7) is 2.90. The van der Waals surface area contributed by atoms with Gasteiger partial charge in [-0.15, -0.1) is 0 Å². The third-order valence-electron chi connectivity index (χ3n) is 3.82. The van der Waals surface area contributed by atoms with Crippen molar-refractivity contribution >= 4 is 10.0 Å². The Morgan fingerprint density at radius 3 is 2.80 bits per heavy atom. The summed E-state index contributed by atoms with van der Waals surface area (Å²) in [7, 11) is -3.39. The van der Waals surface area contributed by atoms with Crippen molar-refractivity contribution in [3.63, 3.8) is 0 Å². The number of aromatic amines is 1. The number of aryl methyl sites for hydroxylation is 1. The molecule has 6 heteroatoms. The molecular formula is C14H17N3O2S. The van der Waals surface area contributed by atoms with E-state index in [-0.39, 0.29) is 5.92 Å². The van der Waals surface area contributed by atoms with Crippen molar-refractivity contribution in [2.45, 2.75) is 24.2 Å². The van der Waals surface area contributed by atoms with Crippen molar-refractivity contribution in [1.29, 1.82) is 0 Å². The van der Waals surface area contributed by atoms with Crippen molar-refractivity contribution in [2.24, 2.45) is 0 Å². The zero-order valence-electron chi connectivity index (χ0n) is 11.3. The highest BCUT2D eigenvalue weighted by atomic mass is 32.2. The maximum absolute atomic E-state index is 12.7. The van der Waals surface area contributed by atoms with Gasteiger partial charge in [-0.2, -0.15) is 9.40 Å². The Bertz CT molecular complexity index is 695. The van der Waals surface area contributed by atoms with Gasteiger partial charge in [-0.05, 0) is 31.0 Å². The number of hydrogen-bond acceptors (Lipinski definition) is 3. The second-order valence-electron chi connectivity index (χ2n) is 5.13. The Kier molecular flexibility index (Phi) is 3.35. The molecule has 0 amide bonds. The van der Waals surface area contributed by atoms with Crippen LogP contribution in [-0.4, -0.2) is 36.0 Å². The summed E-state index contributed by atoms with van der Waals surface area (Å²) in [4.78, 5) is 0.408. The second kappa shape index (κ2) is 5.03. The van der Waals surface area contributed by atoms with Crippen LogP contribution in [0.1, 0.15) is 23.6 Å². The van der Waals surface area contributed by atoms with Crippen molar-refractivity contribution in [1.82, 2.24) is 14.5 Å². The molecule has 2 aromatic rings. The lowest BCUT2D eigenvalue weighted by Crippen LogP contribution is -2.29. The van der Waals surface area contributed by atoms with Crippen molar-refractivity contribution in [3.8, 4) is 0 Å². The lowest BCUT2D eigenvalue weighted by Gasteiger charge is -2.17. The topological polar surface area (TPSA) is 66.1 Å². The molecule has 0 bridgehead atoms. The first-order valence-corrected chi connectivity index (χ1v) is 8.08. The maximum Gasteiger partial charge on any atom is 0.243 e. The molecule has 0 radical (unpaired) electrons. The van der Waals surface area contributed by atoms with Crippen molar-refractivity contribution in [2.75, 3.05) is 13.1 Å². The molecule has 5 nitrogen and oxygen atoms in total. The van der Waals surface area contributed by atoms with Crippen LogP contribution in [-0.2, 0) is 10.0 Å². The van der Waals surface area contributed by atoms with Gasteiger partial charge in [0.2, 0.25) is 10.0 Å². The van der Waals surface area contributed by atoms with Crippen LogP contribution in [0.4, 0.5) is 0 Å². The fourth-order valence-corrected chi connectivity index (χ4v) is 4.40. The zero-order chi connectivity index (χ0) is 14.2. The van der Waals surface area contributed by atoms with E-state index in [1.54, 1.807) is 22.6 Å². The molecule has 0 spiro atoms. The smallest absolute Gasteiger partial charge is 0.243 e. The van der Waals surface area contributed by atoms with E-state index in [2.05, 4.69) is 10.2 Å². The SMILES string of the molecule is Cc1ccccc1S(=O)(=O)N1CC[C@H](c2ccn[nH]2)C1. The van der Waals surface area contributed by atoms with Gasteiger partial charge in [-0.25, -0.2) is 8.42 Å². The van der Waals surface area contributed by atoms with Crippen LogP contribution in [0.25, 0.3) is 0 Å². The first kappa shape index (κ1) is 13.3. The van der Waals surface area contributed by atoms with Gasteiger partial charge < -0.3 is 0 Å².